The highest BCUT2D eigenvalue weighted by atomic mass is 32.2. The van der Waals surface area contributed by atoms with Gasteiger partial charge in [0.1, 0.15) is 12.6 Å². The van der Waals surface area contributed by atoms with E-state index < -0.39 is 23.9 Å². The number of benzene rings is 2. The Kier molecular flexibility index (Phi) is 7.73. The Balaban J connectivity index is 1.11. The third kappa shape index (κ3) is 5.96. The number of rotatable bonds is 5. The van der Waals surface area contributed by atoms with Crippen LogP contribution >= 0.6 is 11.8 Å². The van der Waals surface area contributed by atoms with Crippen molar-refractivity contribution in [2.24, 2.45) is 0 Å². The van der Waals surface area contributed by atoms with Gasteiger partial charge in [-0.25, -0.2) is 9.78 Å². The van der Waals surface area contributed by atoms with Crippen LogP contribution in [0.4, 0.5) is 23.9 Å². The van der Waals surface area contributed by atoms with Gasteiger partial charge in [-0.1, -0.05) is 30.3 Å². The topological polar surface area (TPSA) is 85.0 Å². The molecule has 3 fully saturated rings. The SMILES string of the molecule is O=C([C@@H]1C[C@H](N2CCN(c3nc4cc(C(F)(F)F)ccc4[nH]3)CC2)CN1C(=O)OCc1ccccc1)N1CCSC1. The lowest BCUT2D eigenvalue weighted by Crippen LogP contribution is -2.51. The average Bonchev–Trinajstić information content (AvgIpc) is 3.75. The highest BCUT2D eigenvalue weighted by molar-refractivity contribution is 7.99. The maximum Gasteiger partial charge on any atom is 0.416 e. The van der Waals surface area contributed by atoms with Crippen molar-refractivity contribution in [3.8, 4) is 0 Å². The molecule has 0 unspecified atom stereocenters. The molecule has 2 amide bonds. The molecule has 0 aliphatic carbocycles. The summed E-state index contributed by atoms with van der Waals surface area (Å²) >= 11 is 1.71. The number of alkyl halides is 3. The summed E-state index contributed by atoms with van der Waals surface area (Å²) in [5, 5.41) is 0. The molecule has 9 nitrogen and oxygen atoms in total. The van der Waals surface area contributed by atoms with Crippen LogP contribution in [0.1, 0.15) is 17.5 Å². The van der Waals surface area contributed by atoms with Crippen molar-refractivity contribution in [1.82, 2.24) is 24.7 Å². The maximum atomic E-state index is 13.4. The molecule has 1 aromatic heterocycles. The first-order valence-corrected chi connectivity index (χ1v) is 14.8. The predicted octanol–water partition coefficient (Wildman–Crippen LogP) is 4.02. The van der Waals surface area contributed by atoms with Crippen LogP contribution in [-0.4, -0.2) is 99.6 Å². The Bertz CT molecular complexity index is 1390. The molecule has 2 aromatic carbocycles. The molecule has 6 rings (SSSR count). The first-order chi connectivity index (χ1) is 19.8. The molecular weight excluding hydrogens is 557 g/mol. The fourth-order valence-electron chi connectivity index (χ4n) is 5.73. The van der Waals surface area contributed by atoms with Crippen LogP contribution in [0.25, 0.3) is 11.0 Å². The van der Waals surface area contributed by atoms with Crippen molar-refractivity contribution in [3.05, 3.63) is 59.7 Å². The highest BCUT2D eigenvalue weighted by Gasteiger charge is 2.45. The Labute approximate surface area is 239 Å². The van der Waals surface area contributed by atoms with E-state index in [-0.39, 0.29) is 24.1 Å². The van der Waals surface area contributed by atoms with Crippen LogP contribution in [0.5, 0.6) is 0 Å². The maximum absolute atomic E-state index is 13.4. The molecule has 4 heterocycles. The summed E-state index contributed by atoms with van der Waals surface area (Å²) in [5.41, 5.74) is 0.987. The van der Waals surface area contributed by atoms with Gasteiger partial charge in [-0.3, -0.25) is 14.6 Å². The number of aromatic nitrogens is 2. The number of piperazine rings is 1. The Hall–Kier alpha value is -3.45. The van der Waals surface area contributed by atoms with E-state index in [2.05, 4.69) is 14.9 Å². The minimum Gasteiger partial charge on any atom is -0.445 e. The van der Waals surface area contributed by atoms with Crippen molar-refractivity contribution in [1.29, 1.82) is 0 Å². The number of carbonyl (C=O) groups is 2. The summed E-state index contributed by atoms with van der Waals surface area (Å²) < 4.78 is 45.0. The number of likely N-dealkylation sites (tertiary alicyclic amines) is 1. The number of carbonyl (C=O) groups excluding carboxylic acids is 2. The zero-order valence-corrected chi connectivity index (χ0v) is 23.2. The lowest BCUT2D eigenvalue weighted by atomic mass is 10.1. The van der Waals surface area contributed by atoms with E-state index in [0.717, 1.165) is 23.4 Å². The van der Waals surface area contributed by atoms with E-state index in [0.29, 0.717) is 63.0 Å². The van der Waals surface area contributed by atoms with Crippen molar-refractivity contribution >= 4 is 40.7 Å². The third-order valence-electron chi connectivity index (χ3n) is 8.00. The van der Waals surface area contributed by atoms with Gasteiger partial charge in [-0.05, 0) is 30.2 Å². The highest BCUT2D eigenvalue weighted by Crippen LogP contribution is 2.32. The first-order valence-electron chi connectivity index (χ1n) is 13.7. The monoisotopic (exact) mass is 588 g/mol. The predicted molar refractivity (Wildman–Crippen MR) is 149 cm³/mol. The van der Waals surface area contributed by atoms with Crippen LogP contribution in [0.2, 0.25) is 0 Å². The van der Waals surface area contributed by atoms with Crippen LogP contribution in [0.3, 0.4) is 0 Å². The van der Waals surface area contributed by atoms with Gasteiger partial charge in [0.15, 0.2) is 0 Å². The third-order valence-corrected chi connectivity index (χ3v) is 8.96. The van der Waals surface area contributed by atoms with Gasteiger partial charge >= 0.3 is 12.3 Å². The number of thioether (sulfide) groups is 1. The second-order valence-electron chi connectivity index (χ2n) is 10.6. The summed E-state index contributed by atoms with van der Waals surface area (Å²) in [6.45, 7) is 3.78. The minimum absolute atomic E-state index is 0.00403. The molecule has 1 N–H and O–H groups in total. The van der Waals surface area contributed by atoms with Crippen LogP contribution in [-0.2, 0) is 22.3 Å². The number of H-pyrrole nitrogens is 1. The zero-order valence-electron chi connectivity index (χ0n) is 22.3. The van der Waals surface area contributed by atoms with Crippen LogP contribution < -0.4 is 4.90 Å². The van der Waals surface area contributed by atoms with Crippen molar-refractivity contribution in [2.45, 2.75) is 31.3 Å². The van der Waals surface area contributed by atoms with Gasteiger partial charge in [-0.2, -0.15) is 13.2 Å². The number of ether oxygens (including phenoxy) is 1. The number of hydrogen-bond donors (Lipinski definition) is 1. The first kappa shape index (κ1) is 27.7. The number of imidazole rings is 1. The number of amides is 2. The largest absolute Gasteiger partial charge is 0.445 e. The molecule has 218 valence electrons. The standard InChI is InChI=1S/C28H31F3N6O3S/c29-28(30,31)20-6-7-22-23(14-20)33-26(32-22)35-10-8-34(9-11-35)21-15-24(25(38)36-12-13-41-18-36)37(16-21)27(39)40-17-19-4-2-1-3-5-19/h1-7,14,21,24H,8-13,15-18H2,(H,32,33)/t21-,24-/m0/s1. The molecule has 3 aromatic rings. The van der Waals surface area contributed by atoms with E-state index in [1.165, 1.54) is 6.07 Å². The second kappa shape index (κ2) is 11.4. The van der Waals surface area contributed by atoms with Gasteiger partial charge in [-0.15, -0.1) is 11.8 Å². The molecule has 0 bridgehead atoms. The lowest BCUT2D eigenvalue weighted by molar-refractivity contribution is -0.137. The molecule has 3 aliphatic rings. The summed E-state index contributed by atoms with van der Waals surface area (Å²) in [4.78, 5) is 41.9. The lowest BCUT2D eigenvalue weighted by Gasteiger charge is -2.37. The van der Waals surface area contributed by atoms with Crippen LogP contribution in [0, 0.1) is 0 Å². The Morgan fingerprint density at radius 2 is 1.83 bits per heavy atom. The molecular formula is C28H31F3N6O3S. The summed E-state index contributed by atoms with van der Waals surface area (Å²) in [7, 11) is 0. The van der Waals surface area contributed by atoms with E-state index in [1.807, 2.05) is 40.1 Å². The zero-order chi connectivity index (χ0) is 28.6. The Morgan fingerprint density at radius 3 is 2.54 bits per heavy atom. The quantitative estimate of drug-likeness (QED) is 0.482. The number of aromatic amines is 1. The van der Waals surface area contributed by atoms with Gasteiger partial charge < -0.3 is 19.5 Å². The van der Waals surface area contributed by atoms with E-state index in [4.69, 9.17) is 4.74 Å². The van der Waals surface area contributed by atoms with Crippen molar-refractivity contribution in [2.75, 3.05) is 55.8 Å². The Morgan fingerprint density at radius 1 is 1.05 bits per heavy atom. The van der Waals surface area contributed by atoms with Crippen molar-refractivity contribution < 1.29 is 27.5 Å². The fourth-order valence-corrected chi connectivity index (χ4v) is 6.69. The summed E-state index contributed by atoms with van der Waals surface area (Å²) in [5.74, 6) is 2.03. The van der Waals surface area contributed by atoms with Gasteiger partial charge in [0.05, 0.1) is 22.5 Å². The summed E-state index contributed by atoms with van der Waals surface area (Å²) in [6.07, 6.45) is -4.37. The van der Waals surface area contributed by atoms with E-state index >= 15 is 0 Å². The van der Waals surface area contributed by atoms with Gasteiger partial charge in [0, 0.05) is 51.1 Å². The smallest absolute Gasteiger partial charge is 0.416 e. The molecule has 41 heavy (non-hydrogen) atoms. The number of nitrogens with one attached hydrogen (secondary N) is 1. The van der Waals surface area contributed by atoms with E-state index in [9.17, 15) is 22.8 Å². The number of anilines is 1. The van der Waals surface area contributed by atoms with Gasteiger partial charge in [0.2, 0.25) is 11.9 Å². The van der Waals surface area contributed by atoms with E-state index in [1.54, 1.807) is 16.7 Å². The molecule has 0 spiro atoms. The molecule has 13 heteroatoms. The van der Waals surface area contributed by atoms with Gasteiger partial charge in [0.25, 0.3) is 0 Å². The number of hydrogen-bond acceptors (Lipinski definition) is 7. The molecule has 3 aliphatic heterocycles. The van der Waals surface area contributed by atoms with Crippen molar-refractivity contribution in [3.63, 3.8) is 0 Å². The molecule has 3 saturated heterocycles. The number of halogens is 3. The minimum atomic E-state index is -4.42. The average molecular weight is 589 g/mol. The normalized spacial score (nSPS) is 22.1. The molecule has 2 atom stereocenters. The number of fused-ring (bicyclic) bond motifs is 1. The van der Waals surface area contributed by atoms with Crippen LogP contribution in [0.15, 0.2) is 48.5 Å². The number of nitrogens with zero attached hydrogens (tertiary/aromatic N) is 5. The molecule has 0 saturated carbocycles. The molecule has 0 radical (unpaired) electrons. The second-order valence-corrected chi connectivity index (χ2v) is 11.6. The fraction of sp³-hybridized carbons (Fsp3) is 0.464. The summed E-state index contributed by atoms with van der Waals surface area (Å²) in [6, 6.07) is 12.4.